The van der Waals surface area contributed by atoms with Crippen LogP contribution < -0.4 is 19.5 Å². The van der Waals surface area contributed by atoms with Gasteiger partial charge in [-0.3, -0.25) is 0 Å². The largest absolute Gasteiger partial charge is 0.496 e. The Morgan fingerprint density at radius 2 is 1.55 bits per heavy atom. The van der Waals surface area contributed by atoms with Crippen LogP contribution in [0.15, 0.2) is 18.2 Å². The molecule has 0 spiro atoms. The van der Waals surface area contributed by atoms with Crippen LogP contribution in [-0.2, 0) is 0 Å². The highest BCUT2D eigenvalue weighted by molar-refractivity contribution is 5.42. The van der Waals surface area contributed by atoms with Gasteiger partial charge in [-0.05, 0) is 19.4 Å². The first-order valence-electron chi connectivity index (χ1n) is 7.33. The van der Waals surface area contributed by atoms with Gasteiger partial charge in [0.1, 0.15) is 23.4 Å². The van der Waals surface area contributed by atoms with E-state index in [1.807, 2.05) is 18.2 Å². The van der Waals surface area contributed by atoms with Crippen molar-refractivity contribution in [3.8, 4) is 17.2 Å². The van der Waals surface area contributed by atoms with Crippen LogP contribution in [0.2, 0.25) is 0 Å². The Labute approximate surface area is 122 Å². The lowest BCUT2D eigenvalue weighted by molar-refractivity contribution is 0.185. The maximum Gasteiger partial charge on any atom is 0.127 e. The first-order valence-corrected chi connectivity index (χ1v) is 7.33. The summed E-state index contributed by atoms with van der Waals surface area (Å²) in [6, 6.07) is 5.63. The third-order valence-corrected chi connectivity index (χ3v) is 3.04. The van der Waals surface area contributed by atoms with Gasteiger partial charge in [-0.1, -0.05) is 20.3 Å². The standard InChI is InChI=1S/C16H27NO3/c1-5-7-13(12-17-8-6-2)20-16-10-14(18-3)9-15(11-16)19-4/h9-11,13,17H,5-8,12H2,1-4H3. The molecule has 0 saturated carbocycles. The van der Waals surface area contributed by atoms with Gasteiger partial charge in [0.25, 0.3) is 0 Å². The van der Waals surface area contributed by atoms with Crippen molar-refractivity contribution in [3.63, 3.8) is 0 Å². The lowest BCUT2D eigenvalue weighted by atomic mass is 10.2. The lowest BCUT2D eigenvalue weighted by Crippen LogP contribution is -2.31. The summed E-state index contributed by atoms with van der Waals surface area (Å²) < 4.78 is 16.6. The van der Waals surface area contributed by atoms with Gasteiger partial charge in [-0.25, -0.2) is 0 Å². The van der Waals surface area contributed by atoms with E-state index in [1.165, 1.54) is 0 Å². The molecule has 0 aromatic heterocycles. The van der Waals surface area contributed by atoms with Crippen LogP contribution >= 0.6 is 0 Å². The van der Waals surface area contributed by atoms with Gasteiger partial charge < -0.3 is 19.5 Å². The second-order valence-electron chi connectivity index (χ2n) is 4.78. The van der Waals surface area contributed by atoms with Crippen LogP contribution in [0.3, 0.4) is 0 Å². The van der Waals surface area contributed by atoms with E-state index in [0.717, 1.165) is 49.6 Å². The molecule has 0 aliphatic carbocycles. The van der Waals surface area contributed by atoms with Crippen LogP contribution in [-0.4, -0.2) is 33.4 Å². The summed E-state index contributed by atoms with van der Waals surface area (Å²) >= 11 is 0. The van der Waals surface area contributed by atoms with E-state index in [0.29, 0.717) is 0 Å². The van der Waals surface area contributed by atoms with E-state index >= 15 is 0 Å². The molecule has 1 atom stereocenters. The molecule has 0 fully saturated rings. The maximum absolute atomic E-state index is 6.06. The van der Waals surface area contributed by atoms with Crippen LogP contribution in [0, 0.1) is 0 Å². The lowest BCUT2D eigenvalue weighted by Gasteiger charge is -2.20. The third-order valence-electron chi connectivity index (χ3n) is 3.04. The number of benzene rings is 1. The highest BCUT2D eigenvalue weighted by Crippen LogP contribution is 2.28. The summed E-state index contributed by atoms with van der Waals surface area (Å²) in [6.07, 6.45) is 3.42. The highest BCUT2D eigenvalue weighted by atomic mass is 16.5. The summed E-state index contributed by atoms with van der Waals surface area (Å²) in [5.41, 5.74) is 0. The molecule has 4 heteroatoms. The molecule has 0 amide bonds. The minimum Gasteiger partial charge on any atom is -0.496 e. The maximum atomic E-state index is 6.06. The fourth-order valence-electron chi connectivity index (χ4n) is 2.01. The van der Waals surface area contributed by atoms with Gasteiger partial charge in [0.2, 0.25) is 0 Å². The van der Waals surface area contributed by atoms with E-state index in [4.69, 9.17) is 14.2 Å². The number of nitrogens with one attached hydrogen (secondary N) is 1. The monoisotopic (exact) mass is 281 g/mol. The Balaban J connectivity index is 2.70. The predicted octanol–water partition coefficient (Wildman–Crippen LogP) is 3.25. The van der Waals surface area contributed by atoms with E-state index in [9.17, 15) is 0 Å². The van der Waals surface area contributed by atoms with Gasteiger partial charge in [0, 0.05) is 24.7 Å². The summed E-state index contributed by atoms with van der Waals surface area (Å²) in [4.78, 5) is 0. The molecular weight excluding hydrogens is 254 g/mol. The molecule has 1 aromatic carbocycles. The van der Waals surface area contributed by atoms with Gasteiger partial charge in [0.05, 0.1) is 14.2 Å². The van der Waals surface area contributed by atoms with Crippen LogP contribution in [0.1, 0.15) is 33.1 Å². The average molecular weight is 281 g/mol. The molecule has 0 aliphatic rings. The predicted molar refractivity (Wildman–Crippen MR) is 82.0 cm³/mol. The number of hydrogen-bond donors (Lipinski definition) is 1. The van der Waals surface area contributed by atoms with E-state index in [-0.39, 0.29) is 6.10 Å². The molecule has 1 rings (SSSR count). The Kier molecular flexibility index (Phi) is 7.88. The van der Waals surface area contributed by atoms with Crippen molar-refractivity contribution in [1.82, 2.24) is 5.32 Å². The van der Waals surface area contributed by atoms with Crippen molar-refractivity contribution in [3.05, 3.63) is 18.2 Å². The van der Waals surface area contributed by atoms with Gasteiger partial charge in [0.15, 0.2) is 0 Å². The van der Waals surface area contributed by atoms with Crippen LogP contribution in [0.25, 0.3) is 0 Å². The third kappa shape index (κ3) is 5.70. The Hall–Kier alpha value is -1.42. The summed E-state index contributed by atoms with van der Waals surface area (Å²) in [6.45, 7) is 6.21. The molecule has 114 valence electrons. The normalized spacial score (nSPS) is 12.0. The van der Waals surface area contributed by atoms with Crippen LogP contribution in [0.5, 0.6) is 17.2 Å². The number of rotatable bonds is 10. The molecule has 0 aliphatic heterocycles. The van der Waals surface area contributed by atoms with Crippen molar-refractivity contribution >= 4 is 0 Å². The Morgan fingerprint density at radius 1 is 0.950 bits per heavy atom. The average Bonchev–Trinajstić information content (AvgIpc) is 2.47. The molecule has 1 aromatic rings. The van der Waals surface area contributed by atoms with E-state index < -0.39 is 0 Å². The van der Waals surface area contributed by atoms with Gasteiger partial charge in [-0.2, -0.15) is 0 Å². The summed E-state index contributed by atoms with van der Waals surface area (Å²) in [5, 5.41) is 3.41. The van der Waals surface area contributed by atoms with E-state index in [2.05, 4.69) is 19.2 Å². The van der Waals surface area contributed by atoms with Crippen molar-refractivity contribution < 1.29 is 14.2 Å². The fraction of sp³-hybridized carbons (Fsp3) is 0.625. The van der Waals surface area contributed by atoms with Gasteiger partial charge in [-0.15, -0.1) is 0 Å². The molecule has 20 heavy (non-hydrogen) atoms. The fourth-order valence-corrected chi connectivity index (χ4v) is 2.01. The molecule has 0 heterocycles. The molecular formula is C16H27NO3. The van der Waals surface area contributed by atoms with Gasteiger partial charge >= 0.3 is 0 Å². The molecule has 1 N–H and O–H groups in total. The second-order valence-corrected chi connectivity index (χ2v) is 4.78. The zero-order chi connectivity index (χ0) is 14.8. The minimum absolute atomic E-state index is 0.170. The smallest absolute Gasteiger partial charge is 0.127 e. The van der Waals surface area contributed by atoms with Crippen molar-refractivity contribution in [2.75, 3.05) is 27.3 Å². The summed E-state index contributed by atoms with van der Waals surface area (Å²) in [7, 11) is 3.29. The number of hydrogen-bond acceptors (Lipinski definition) is 4. The van der Waals surface area contributed by atoms with Crippen molar-refractivity contribution in [1.29, 1.82) is 0 Å². The molecule has 0 bridgehead atoms. The summed E-state index contributed by atoms with van der Waals surface area (Å²) in [5.74, 6) is 2.28. The topological polar surface area (TPSA) is 39.7 Å². The Bertz CT molecular complexity index is 360. The first-order chi connectivity index (χ1) is 9.73. The Morgan fingerprint density at radius 3 is 2.05 bits per heavy atom. The van der Waals surface area contributed by atoms with Crippen molar-refractivity contribution in [2.24, 2.45) is 0 Å². The minimum atomic E-state index is 0.170. The molecule has 0 radical (unpaired) electrons. The van der Waals surface area contributed by atoms with Crippen LogP contribution in [0.4, 0.5) is 0 Å². The SMILES string of the molecule is CCCNCC(CCC)Oc1cc(OC)cc(OC)c1. The molecule has 1 unspecified atom stereocenters. The quantitative estimate of drug-likeness (QED) is 0.668. The van der Waals surface area contributed by atoms with E-state index in [1.54, 1.807) is 14.2 Å². The van der Waals surface area contributed by atoms with Crippen molar-refractivity contribution in [2.45, 2.75) is 39.2 Å². The number of methoxy groups -OCH3 is 2. The second kappa shape index (κ2) is 9.48. The highest BCUT2D eigenvalue weighted by Gasteiger charge is 2.11. The zero-order valence-electron chi connectivity index (χ0n) is 13.1. The zero-order valence-corrected chi connectivity index (χ0v) is 13.1. The number of ether oxygens (including phenoxy) is 3. The molecule has 0 saturated heterocycles. The first kappa shape index (κ1) is 16.6. The molecule has 4 nitrogen and oxygen atoms in total.